The Morgan fingerprint density at radius 2 is 2.05 bits per heavy atom. The zero-order chi connectivity index (χ0) is 13.9. The maximum Gasteiger partial charge on any atom is 0.151 e. The molecule has 2 heterocycles. The number of hydrogen-bond donors (Lipinski definition) is 0. The van der Waals surface area contributed by atoms with Gasteiger partial charge in [-0.15, -0.1) is 0 Å². The summed E-state index contributed by atoms with van der Waals surface area (Å²) in [7, 11) is 0. The normalized spacial score (nSPS) is 10.7. The van der Waals surface area contributed by atoms with E-state index in [1.807, 2.05) is 54.1 Å². The van der Waals surface area contributed by atoms with Gasteiger partial charge in [0.05, 0.1) is 6.61 Å². The summed E-state index contributed by atoms with van der Waals surface area (Å²) >= 11 is 0. The molecule has 0 N–H and O–H groups in total. The van der Waals surface area contributed by atoms with E-state index in [-0.39, 0.29) is 0 Å². The van der Waals surface area contributed by atoms with Gasteiger partial charge >= 0.3 is 0 Å². The van der Waals surface area contributed by atoms with Crippen LogP contribution in [-0.2, 0) is 0 Å². The van der Waals surface area contributed by atoms with Crippen LogP contribution in [0.2, 0.25) is 0 Å². The SMILES string of the molecule is CCOc1ccc(-n2ccc3cc(C=O)cnc32)cc1. The molecule has 0 aliphatic carbocycles. The molecule has 0 spiro atoms. The molecule has 1 aromatic carbocycles. The van der Waals surface area contributed by atoms with Crippen LogP contribution in [0.15, 0.2) is 48.8 Å². The molecule has 4 nitrogen and oxygen atoms in total. The highest BCUT2D eigenvalue weighted by molar-refractivity contribution is 5.85. The van der Waals surface area contributed by atoms with Gasteiger partial charge in [0.1, 0.15) is 11.4 Å². The summed E-state index contributed by atoms with van der Waals surface area (Å²) in [6.45, 7) is 2.61. The van der Waals surface area contributed by atoms with Crippen LogP contribution < -0.4 is 4.74 Å². The van der Waals surface area contributed by atoms with Gasteiger partial charge in [-0.3, -0.25) is 4.79 Å². The number of fused-ring (bicyclic) bond motifs is 1. The molecule has 4 heteroatoms. The Morgan fingerprint density at radius 3 is 2.75 bits per heavy atom. The molecule has 0 aliphatic rings. The van der Waals surface area contributed by atoms with Crippen LogP contribution in [0, 0.1) is 0 Å². The second-order valence-corrected chi connectivity index (χ2v) is 4.41. The molecule has 0 saturated carbocycles. The first-order valence-corrected chi connectivity index (χ1v) is 6.47. The topological polar surface area (TPSA) is 44.1 Å². The molecule has 0 unspecified atom stereocenters. The van der Waals surface area contributed by atoms with E-state index < -0.39 is 0 Å². The molecule has 0 radical (unpaired) electrons. The summed E-state index contributed by atoms with van der Waals surface area (Å²) in [5.41, 5.74) is 2.43. The third kappa shape index (κ3) is 2.16. The van der Waals surface area contributed by atoms with Crippen molar-refractivity contribution in [1.82, 2.24) is 9.55 Å². The Balaban J connectivity index is 2.03. The molecule has 20 heavy (non-hydrogen) atoms. The van der Waals surface area contributed by atoms with E-state index in [9.17, 15) is 4.79 Å². The van der Waals surface area contributed by atoms with Crippen molar-refractivity contribution in [1.29, 1.82) is 0 Å². The number of benzene rings is 1. The monoisotopic (exact) mass is 266 g/mol. The molecule has 0 bridgehead atoms. The number of rotatable bonds is 4. The van der Waals surface area contributed by atoms with Crippen molar-refractivity contribution in [3.05, 3.63) is 54.4 Å². The predicted octanol–water partition coefficient (Wildman–Crippen LogP) is 3.24. The first kappa shape index (κ1) is 12.4. The fraction of sp³-hybridized carbons (Fsp3) is 0.125. The number of pyridine rings is 1. The lowest BCUT2D eigenvalue weighted by Crippen LogP contribution is -1.95. The van der Waals surface area contributed by atoms with Crippen molar-refractivity contribution in [2.45, 2.75) is 6.92 Å². The maximum absolute atomic E-state index is 10.8. The summed E-state index contributed by atoms with van der Waals surface area (Å²) in [4.78, 5) is 15.1. The van der Waals surface area contributed by atoms with Crippen molar-refractivity contribution < 1.29 is 9.53 Å². The number of nitrogens with zero attached hydrogens (tertiary/aromatic N) is 2. The minimum absolute atomic E-state index is 0.585. The highest BCUT2D eigenvalue weighted by Crippen LogP contribution is 2.21. The second kappa shape index (κ2) is 5.17. The second-order valence-electron chi connectivity index (χ2n) is 4.41. The van der Waals surface area contributed by atoms with Gasteiger partial charge in [0.2, 0.25) is 0 Å². The smallest absolute Gasteiger partial charge is 0.151 e. The van der Waals surface area contributed by atoms with Crippen molar-refractivity contribution in [2.24, 2.45) is 0 Å². The number of ether oxygens (including phenoxy) is 1. The average molecular weight is 266 g/mol. The highest BCUT2D eigenvalue weighted by atomic mass is 16.5. The molecule has 100 valence electrons. The summed E-state index contributed by atoms with van der Waals surface area (Å²) in [5.74, 6) is 0.851. The minimum atomic E-state index is 0.585. The molecule has 3 aromatic rings. The molecule has 0 atom stereocenters. The standard InChI is InChI=1S/C16H14N2O2/c1-2-20-15-5-3-14(4-6-15)18-8-7-13-9-12(11-19)10-17-16(13)18/h3-11H,2H2,1H3. The summed E-state index contributed by atoms with van der Waals surface area (Å²) < 4.78 is 7.42. The molecule has 3 rings (SSSR count). The summed E-state index contributed by atoms with van der Waals surface area (Å²) in [6, 6.07) is 11.6. The third-order valence-electron chi connectivity index (χ3n) is 3.11. The van der Waals surface area contributed by atoms with Crippen LogP contribution in [0.1, 0.15) is 17.3 Å². The lowest BCUT2D eigenvalue weighted by atomic mass is 10.2. The number of carbonyl (C=O) groups is 1. The van der Waals surface area contributed by atoms with E-state index in [2.05, 4.69) is 4.98 Å². The van der Waals surface area contributed by atoms with Crippen LogP contribution in [0.25, 0.3) is 16.7 Å². The molecule has 2 aromatic heterocycles. The van der Waals surface area contributed by atoms with E-state index in [0.717, 1.165) is 28.8 Å². The van der Waals surface area contributed by atoms with Crippen molar-refractivity contribution >= 4 is 17.3 Å². The predicted molar refractivity (Wildman–Crippen MR) is 77.6 cm³/mol. The Bertz CT molecular complexity index is 745. The molecule has 0 aliphatic heterocycles. The highest BCUT2D eigenvalue weighted by Gasteiger charge is 2.05. The molecular formula is C16H14N2O2. The van der Waals surface area contributed by atoms with Gasteiger partial charge in [0, 0.05) is 29.0 Å². The van der Waals surface area contributed by atoms with E-state index in [1.54, 1.807) is 6.20 Å². The lowest BCUT2D eigenvalue weighted by Gasteiger charge is -2.07. The first-order valence-electron chi connectivity index (χ1n) is 6.47. The Hall–Kier alpha value is -2.62. The Morgan fingerprint density at radius 1 is 1.25 bits per heavy atom. The van der Waals surface area contributed by atoms with Gasteiger partial charge in [0.25, 0.3) is 0 Å². The third-order valence-corrected chi connectivity index (χ3v) is 3.11. The fourth-order valence-electron chi connectivity index (χ4n) is 2.18. The van der Waals surface area contributed by atoms with Crippen molar-refractivity contribution in [3.8, 4) is 11.4 Å². The zero-order valence-corrected chi connectivity index (χ0v) is 11.1. The van der Waals surface area contributed by atoms with Gasteiger partial charge in [0.15, 0.2) is 6.29 Å². The number of carbonyl (C=O) groups excluding carboxylic acids is 1. The summed E-state index contributed by atoms with van der Waals surface area (Å²) in [5, 5.41) is 0.948. The van der Waals surface area contributed by atoms with Crippen molar-refractivity contribution in [3.63, 3.8) is 0 Å². The molecular weight excluding hydrogens is 252 g/mol. The Labute approximate surface area is 116 Å². The average Bonchev–Trinajstić information content (AvgIpc) is 2.91. The number of aldehydes is 1. The van der Waals surface area contributed by atoms with Crippen LogP contribution in [0.3, 0.4) is 0 Å². The van der Waals surface area contributed by atoms with E-state index in [1.165, 1.54) is 0 Å². The van der Waals surface area contributed by atoms with E-state index >= 15 is 0 Å². The minimum Gasteiger partial charge on any atom is -0.494 e. The lowest BCUT2D eigenvalue weighted by molar-refractivity contribution is 0.112. The molecule has 0 amide bonds. The van der Waals surface area contributed by atoms with Crippen LogP contribution in [0.4, 0.5) is 0 Å². The van der Waals surface area contributed by atoms with Crippen LogP contribution in [0.5, 0.6) is 5.75 Å². The molecule has 0 saturated heterocycles. The van der Waals surface area contributed by atoms with Crippen LogP contribution >= 0.6 is 0 Å². The van der Waals surface area contributed by atoms with Crippen LogP contribution in [-0.4, -0.2) is 22.4 Å². The number of aromatic nitrogens is 2. The van der Waals surface area contributed by atoms with Gasteiger partial charge in [-0.05, 0) is 43.3 Å². The number of hydrogen-bond acceptors (Lipinski definition) is 3. The van der Waals surface area contributed by atoms with Gasteiger partial charge in [-0.2, -0.15) is 0 Å². The van der Waals surface area contributed by atoms with Crippen molar-refractivity contribution in [2.75, 3.05) is 6.61 Å². The quantitative estimate of drug-likeness (QED) is 0.681. The van der Waals surface area contributed by atoms with Gasteiger partial charge in [-0.25, -0.2) is 4.98 Å². The van der Waals surface area contributed by atoms with E-state index in [4.69, 9.17) is 4.74 Å². The molecule has 0 fully saturated rings. The Kier molecular flexibility index (Phi) is 3.21. The zero-order valence-electron chi connectivity index (χ0n) is 11.1. The van der Waals surface area contributed by atoms with E-state index in [0.29, 0.717) is 12.2 Å². The fourth-order valence-corrected chi connectivity index (χ4v) is 2.18. The first-order chi connectivity index (χ1) is 9.81. The maximum atomic E-state index is 10.8. The largest absolute Gasteiger partial charge is 0.494 e. The van der Waals surface area contributed by atoms with Gasteiger partial charge in [-0.1, -0.05) is 0 Å². The van der Waals surface area contributed by atoms with Gasteiger partial charge < -0.3 is 9.30 Å². The summed E-state index contributed by atoms with van der Waals surface area (Å²) in [6.07, 6.45) is 4.34.